The molecule has 5 nitrogen and oxygen atoms in total. The number of halogens is 1. The molecule has 0 fully saturated rings. The summed E-state index contributed by atoms with van der Waals surface area (Å²) in [5, 5.41) is 6.56. The predicted octanol–water partition coefficient (Wildman–Crippen LogP) is 5.02. The minimum Gasteiger partial charge on any atom is -0.398 e. The smallest absolute Gasteiger partial charge is 0.135 e. The highest BCUT2D eigenvalue weighted by atomic mass is 19.1. The molecule has 0 spiro atoms. The van der Waals surface area contributed by atoms with Crippen LogP contribution >= 0.6 is 0 Å². The van der Waals surface area contributed by atoms with Crippen molar-refractivity contribution >= 4 is 28.6 Å². The highest BCUT2D eigenvalue weighted by molar-refractivity contribution is 6.07. The monoisotopic (exact) mass is 417 g/mol. The Bertz CT molecular complexity index is 1090. The van der Waals surface area contributed by atoms with E-state index in [1.165, 1.54) is 12.1 Å². The Balaban J connectivity index is 1.95. The van der Waals surface area contributed by atoms with Gasteiger partial charge in [0.2, 0.25) is 0 Å². The number of aliphatic imine (C=N–C) groups is 1. The first-order valence-electron chi connectivity index (χ1n) is 10.2. The largest absolute Gasteiger partial charge is 0.398 e. The van der Waals surface area contributed by atoms with Crippen LogP contribution in [0.25, 0.3) is 5.70 Å². The van der Waals surface area contributed by atoms with E-state index in [4.69, 9.17) is 16.5 Å². The molecule has 0 aromatic heterocycles. The van der Waals surface area contributed by atoms with Gasteiger partial charge in [0, 0.05) is 40.4 Å². The molecule has 0 atom stereocenters. The van der Waals surface area contributed by atoms with Crippen LogP contribution in [0.3, 0.4) is 0 Å². The van der Waals surface area contributed by atoms with Crippen LogP contribution in [0.5, 0.6) is 0 Å². The van der Waals surface area contributed by atoms with Gasteiger partial charge in [-0.3, -0.25) is 4.99 Å². The number of anilines is 3. The van der Waals surface area contributed by atoms with Gasteiger partial charge in [-0.05, 0) is 48.4 Å². The fraction of sp³-hybridized carbons (Fsp3) is 0.160. The Hall–Kier alpha value is -3.80. The zero-order valence-corrected chi connectivity index (χ0v) is 17.7. The molecule has 0 saturated heterocycles. The van der Waals surface area contributed by atoms with Gasteiger partial charge in [-0.15, -0.1) is 0 Å². The van der Waals surface area contributed by atoms with Crippen LogP contribution in [-0.2, 0) is 6.54 Å². The quantitative estimate of drug-likeness (QED) is 0.235. The van der Waals surface area contributed by atoms with Gasteiger partial charge in [-0.1, -0.05) is 43.8 Å². The van der Waals surface area contributed by atoms with Gasteiger partial charge >= 0.3 is 0 Å². The minimum atomic E-state index is -0.338. The van der Waals surface area contributed by atoms with E-state index in [1.807, 2.05) is 48.5 Å². The summed E-state index contributed by atoms with van der Waals surface area (Å²) in [4.78, 5) is 4.74. The molecule has 0 unspecified atom stereocenters. The Morgan fingerprint density at radius 3 is 2.39 bits per heavy atom. The Kier molecular flexibility index (Phi) is 7.27. The molecule has 3 aromatic carbocycles. The van der Waals surface area contributed by atoms with Crippen molar-refractivity contribution < 1.29 is 4.39 Å². The number of nitrogens with one attached hydrogen (secondary N) is 2. The molecule has 31 heavy (non-hydrogen) atoms. The standard InChI is InChI=1S/C25H28FN5/c1-3-14-29-24-13-12-19(26)15-21(24)17(2)31-25(20-9-5-7-11-23(20)28)30-16-18-8-4-6-10-22(18)27/h4-13,15,29H,2-3,14,16,27-28H2,1H3,(H,30,31). The van der Waals surface area contributed by atoms with Crippen molar-refractivity contribution in [1.29, 1.82) is 0 Å². The lowest BCUT2D eigenvalue weighted by Gasteiger charge is -2.18. The zero-order valence-electron chi connectivity index (χ0n) is 17.7. The van der Waals surface area contributed by atoms with E-state index in [-0.39, 0.29) is 5.82 Å². The fourth-order valence-electron chi connectivity index (χ4n) is 3.14. The minimum absolute atomic E-state index is 0.338. The third-order valence-electron chi connectivity index (χ3n) is 4.82. The number of rotatable bonds is 8. The molecule has 0 aliphatic carbocycles. The van der Waals surface area contributed by atoms with Crippen molar-refractivity contribution in [1.82, 2.24) is 5.32 Å². The topological polar surface area (TPSA) is 88.5 Å². The van der Waals surface area contributed by atoms with Gasteiger partial charge in [0.25, 0.3) is 0 Å². The van der Waals surface area contributed by atoms with E-state index in [1.54, 1.807) is 6.07 Å². The van der Waals surface area contributed by atoms with Crippen LogP contribution in [0, 0.1) is 5.82 Å². The van der Waals surface area contributed by atoms with Crippen LogP contribution in [0.4, 0.5) is 21.5 Å². The lowest BCUT2D eigenvalue weighted by molar-refractivity contribution is 0.627. The Labute approximate surface area is 182 Å². The molecule has 160 valence electrons. The predicted molar refractivity (Wildman–Crippen MR) is 129 cm³/mol. The van der Waals surface area contributed by atoms with Crippen molar-refractivity contribution in [2.75, 3.05) is 23.3 Å². The molecule has 0 bridgehead atoms. The summed E-state index contributed by atoms with van der Waals surface area (Å²) in [5.41, 5.74) is 17.1. The van der Waals surface area contributed by atoms with Gasteiger partial charge in [-0.25, -0.2) is 4.39 Å². The first-order valence-corrected chi connectivity index (χ1v) is 10.2. The molecule has 0 saturated carbocycles. The molecule has 0 aliphatic rings. The second-order valence-corrected chi connectivity index (χ2v) is 7.17. The number of benzene rings is 3. The highest BCUT2D eigenvalue weighted by Gasteiger charge is 2.13. The molecule has 6 N–H and O–H groups in total. The van der Waals surface area contributed by atoms with Crippen LogP contribution < -0.4 is 22.1 Å². The molecular weight excluding hydrogens is 389 g/mol. The molecule has 3 rings (SSSR count). The average molecular weight is 418 g/mol. The summed E-state index contributed by atoms with van der Waals surface area (Å²) in [7, 11) is 0. The number of nitrogen functional groups attached to an aromatic ring is 2. The Morgan fingerprint density at radius 1 is 0.968 bits per heavy atom. The number of nitrogens with zero attached hydrogens (tertiary/aromatic N) is 1. The maximum absolute atomic E-state index is 14.0. The summed E-state index contributed by atoms with van der Waals surface area (Å²) >= 11 is 0. The van der Waals surface area contributed by atoms with E-state index in [0.29, 0.717) is 35.0 Å². The van der Waals surface area contributed by atoms with Crippen molar-refractivity contribution in [3.63, 3.8) is 0 Å². The number of hydrogen-bond acceptors (Lipinski definition) is 4. The second kappa shape index (κ2) is 10.3. The fourth-order valence-corrected chi connectivity index (χ4v) is 3.14. The normalized spacial score (nSPS) is 11.2. The van der Waals surface area contributed by atoms with E-state index in [9.17, 15) is 4.39 Å². The van der Waals surface area contributed by atoms with Crippen LogP contribution in [0.2, 0.25) is 0 Å². The summed E-state index contributed by atoms with van der Waals surface area (Å²) in [6, 6.07) is 19.6. The van der Waals surface area contributed by atoms with Crippen molar-refractivity contribution in [3.05, 3.63) is 95.8 Å². The average Bonchev–Trinajstić information content (AvgIpc) is 2.77. The summed E-state index contributed by atoms with van der Waals surface area (Å²) < 4.78 is 14.0. The van der Waals surface area contributed by atoms with Gasteiger partial charge in [0.05, 0.1) is 6.54 Å². The molecule has 0 aliphatic heterocycles. The number of para-hydroxylation sites is 2. The number of hydrogen-bond donors (Lipinski definition) is 4. The number of amidine groups is 1. The van der Waals surface area contributed by atoms with Gasteiger partial charge in [0.15, 0.2) is 0 Å². The summed E-state index contributed by atoms with van der Waals surface area (Å²) in [6.45, 7) is 7.34. The van der Waals surface area contributed by atoms with Crippen molar-refractivity contribution in [3.8, 4) is 0 Å². The zero-order chi connectivity index (χ0) is 22.2. The van der Waals surface area contributed by atoms with E-state index in [0.717, 1.165) is 29.8 Å². The van der Waals surface area contributed by atoms with Gasteiger partial charge < -0.3 is 22.1 Å². The third kappa shape index (κ3) is 5.63. The van der Waals surface area contributed by atoms with E-state index < -0.39 is 0 Å². The lowest BCUT2D eigenvalue weighted by atomic mass is 10.1. The van der Waals surface area contributed by atoms with Gasteiger partial charge in [-0.2, -0.15) is 0 Å². The maximum atomic E-state index is 14.0. The molecule has 3 aromatic rings. The lowest BCUT2D eigenvalue weighted by Crippen LogP contribution is -2.24. The van der Waals surface area contributed by atoms with Crippen LogP contribution in [0.15, 0.2) is 78.3 Å². The number of nitrogens with two attached hydrogens (primary N) is 2. The SMILES string of the molecule is C=C(NC(=NCc1ccccc1N)c1ccccc1N)c1cc(F)ccc1NCCC. The van der Waals surface area contributed by atoms with Crippen LogP contribution in [-0.4, -0.2) is 12.4 Å². The van der Waals surface area contributed by atoms with Gasteiger partial charge in [0.1, 0.15) is 11.7 Å². The molecule has 6 heteroatoms. The molecule has 0 radical (unpaired) electrons. The molecule has 0 heterocycles. The Morgan fingerprint density at radius 2 is 1.68 bits per heavy atom. The van der Waals surface area contributed by atoms with Crippen molar-refractivity contribution in [2.24, 2.45) is 4.99 Å². The summed E-state index contributed by atoms with van der Waals surface area (Å²) in [6.07, 6.45) is 0.947. The summed E-state index contributed by atoms with van der Waals surface area (Å²) in [5.74, 6) is 0.201. The first-order chi connectivity index (χ1) is 15.0. The second-order valence-electron chi connectivity index (χ2n) is 7.17. The highest BCUT2D eigenvalue weighted by Crippen LogP contribution is 2.24. The van der Waals surface area contributed by atoms with E-state index >= 15 is 0 Å². The maximum Gasteiger partial charge on any atom is 0.135 e. The van der Waals surface area contributed by atoms with Crippen molar-refractivity contribution in [2.45, 2.75) is 19.9 Å². The first kappa shape index (κ1) is 21.9. The molecular formula is C25H28FN5. The van der Waals surface area contributed by atoms with E-state index in [2.05, 4.69) is 24.1 Å². The van der Waals surface area contributed by atoms with Crippen LogP contribution in [0.1, 0.15) is 30.0 Å². The third-order valence-corrected chi connectivity index (χ3v) is 4.82. The molecule has 0 amide bonds.